The number of oxazole rings is 1. The molecule has 0 bridgehead atoms. The number of amides is 1. The molecule has 1 fully saturated rings. The van der Waals surface area contributed by atoms with E-state index in [-0.39, 0.29) is 11.9 Å². The molecule has 2 aromatic rings. The van der Waals surface area contributed by atoms with E-state index in [1.54, 1.807) is 0 Å². The van der Waals surface area contributed by atoms with Crippen LogP contribution in [0.4, 0.5) is 0 Å². The van der Waals surface area contributed by atoms with E-state index in [1.165, 1.54) is 6.26 Å². The summed E-state index contributed by atoms with van der Waals surface area (Å²) in [5, 5.41) is 0. The Balaban J connectivity index is 1.79. The van der Waals surface area contributed by atoms with Crippen molar-refractivity contribution in [2.75, 3.05) is 13.1 Å². The van der Waals surface area contributed by atoms with Gasteiger partial charge < -0.3 is 15.1 Å². The largest absolute Gasteiger partial charge is 0.444 e. The van der Waals surface area contributed by atoms with Gasteiger partial charge >= 0.3 is 0 Å². The van der Waals surface area contributed by atoms with Gasteiger partial charge in [0, 0.05) is 18.2 Å². The van der Waals surface area contributed by atoms with E-state index in [1.807, 2.05) is 42.2 Å². The van der Waals surface area contributed by atoms with Crippen molar-refractivity contribution in [3.05, 3.63) is 42.3 Å². The standard InChI is InChI=1S/C16H19N3O2/c1-11-7-12(8-17)9-19(11)16(20)14-10-21-15(18-14)13-5-3-2-4-6-13/h2-6,10-12H,7-9,17H2,1H3. The fourth-order valence-corrected chi connectivity index (χ4v) is 2.83. The highest BCUT2D eigenvalue weighted by Crippen LogP contribution is 2.25. The summed E-state index contributed by atoms with van der Waals surface area (Å²) >= 11 is 0. The van der Waals surface area contributed by atoms with Crippen LogP contribution in [0.15, 0.2) is 41.0 Å². The Kier molecular flexibility index (Phi) is 3.75. The van der Waals surface area contributed by atoms with Gasteiger partial charge in [-0.15, -0.1) is 0 Å². The molecule has 2 heterocycles. The molecule has 2 N–H and O–H groups in total. The summed E-state index contributed by atoms with van der Waals surface area (Å²) in [6.07, 6.45) is 2.39. The van der Waals surface area contributed by atoms with Crippen LogP contribution < -0.4 is 5.73 Å². The van der Waals surface area contributed by atoms with Crippen molar-refractivity contribution in [3.63, 3.8) is 0 Å². The van der Waals surface area contributed by atoms with E-state index in [0.29, 0.717) is 30.6 Å². The average molecular weight is 285 g/mol. The molecule has 2 unspecified atom stereocenters. The lowest BCUT2D eigenvalue weighted by atomic mass is 10.1. The summed E-state index contributed by atoms with van der Waals surface area (Å²) in [5.41, 5.74) is 6.93. The smallest absolute Gasteiger partial charge is 0.276 e. The fourth-order valence-electron chi connectivity index (χ4n) is 2.83. The molecule has 3 rings (SSSR count). The lowest BCUT2D eigenvalue weighted by molar-refractivity contribution is 0.0737. The normalized spacial score (nSPS) is 21.7. The molecule has 1 aliphatic heterocycles. The molecular formula is C16H19N3O2. The fraction of sp³-hybridized carbons (Fsp3) is 0.375. The second-order valence-electron chi connectivity index (χ2n) is 5.55. The molecule has 0 radical (unpaired) electrons. The molecule has 5 nitrogen and oxygen atoms in total. The van der Waals surface area contributed by atoms with E-state index < -0.39 is 0 Å². The van der Waals surface area contributed by atoms with Gasteiger partial charge in [-0.3, -0.25) is 4.79 Å². The molecule has 1 amide bonds. The number of likely N-dealkylation sites (tertiary alicyclic amines) is 1. The van der Waals surface area contributed by atoms with Gasteiger partial charge in [-0.2, -0.15) is 0 Å². The third kappa shape index (κ3) is 2.69. The van der Waals surface area contributed by atoms with Crippen LogP contribution in [0.25, 0.3) is 11.5 Å². The maximum Gasteiger partial charge on any atom is 0.276 e. The molecule has 21 heavy (non-hydrogen) atoms. The number of carbonyl (C=O) groups is 1. The highest BCUT2D eigenvalue weighted by Gasteiger charge is 2.33. The van der Waals surface area contributed by atoms with Crippen LogP contribution in [0.3, 0.4) is 0 Å². The van der Waals surface area contributed by atoms with Crippen LogP contribution in [0.5, 0.6) is 0 Å². The van der Waals surface area contributed by atoms with Crippen molar-refractivity contribution in [1.82, 2.24) is 9.88 Å². The number of hydrogen-bond acceptors (Lipinski definition) is 4. The second-order valence-corrected chi connectivity index (χ2v) is 5.55. The number of nitrogens with zero attached hydrogens (tertiary/aromatic N) is 2. The van der Waals surface area contributed by atoms with Crippen molar-refractivity contribution >= 4 is 5.91 Å². The molecule has 5 heteroatoms. The Morgan fingerprint density at radius 3 is 2.86 bits per heavy atom. The minimum atomic E-state index is -0.0793. The van der Waals surface area contributed by atoms with Gasteiger partial charge in [-0.1, -0.05) is 18.2 Å². The zero-order valence-corrected chi connectivity index (χ0v) is 12.0. The van der Waals surface area contributed by atoms with Crippen molar-refractivity contribution < 1.29 is 9.21 Å². The maximum atomic E-state index is 12.5. The highest BCUT2D eigenvalue weighted by atomic mass is 16.3. The van der Waals surface area contributed by atoms with Crippen molar-refractivity contribution in [2.24, 2.45) is 11.7 Å². The van der Waals surface area contributed by atoms with Crippen LogP contribution in [0, 0.1) is 5.92 Å². The van der Waals surface area contributed by atoms with Gasteiger partial charge in [0.25, 0.3) is 5.91 Å². The second kappa shape index (κ2) is 5.69. The van der Waals surface area contributed by atoms with E-state index >= 15 is 0 Å². The summed E-state index contributed by atoms with van der Waals surface area (Å²) in [4.78, 5) is 18.7. The number of hydrogen-bond donors (Lipinski definition) is 1. The summed E-state index contributed by atoms with van der Waals surface area (Å²) in [6, 6.07) is 9.76. The molecular weight excluding hydrogens is 266 g/mol. The lowest BCUT2D eigenvalue weighted by Crippen LogP contribution is -2.34. The van der Waals surface area contributed by atoms with Gasteiger partial charge in [0.15, 0.2) is 5.69 Å². The maximum absolute atomic E-state index is 12.5. The number of carbonyl (C=O) groups excluding carboxylic acids is 1. The molecule has 1 aromatic carbocycles. The summed E-state index contributed by atoms with van der Waals surface area (Å²) < 4.78 is 5.44. The van der Waals surface area contributed by atoms with Gasteiger partial charge in [0.1, 0.15) is 6.26 Å². The van der Waals surface area contributed by atoms with Crippen LogP contribution in [0.1, 0.15) is 23.8 Å². The SMILES string of the molecule is CC1CC(CN)CN1C(=O)c1coc(-c2ccccc2)n1. The Labute approximate surface area is 123 Å². The first-order valence-corrected chi connectivity index (χ1v) is 7.21. The number of aromatic nitrogens is 1. The van der Waals surface area contributed by atoms with E-state index in [4.69, 9.17) is 10.2 Å². The number of nitrogens with two attached hydrogens (primary N) is 1. The molecule has 1 saturated heterocycles. The Morgan fingerprint density at radius 1 is 1.43 bits per heavy atom. The van der Waals surface area contributed by atoms with E-state index in [2.05, 4.69) is 4.98 Å². The molecule has 2 atom stereocenters. The Hall–Kier alpha value is -2.14. The molecule has 0 saturated carbocycles. The topological polar surface area (TPSA) is 72.4 Å². The lowest BCUT2D eigenvalue weighted by Gasteiger charge is -2.19. The molecule has 110 valence electrons. The predicted molar refractivity (Wildman–Crippen MR) is 79.6 cm³/mol. The molecule has 0 aliphatic carbocycles. The number of rotatable bonds is 3. The predicted octanol–water partition coefficient (Wildman–Crippen LogP) is 2.15. The van der Waals surface area contributed by atoms with Crippen LogP contribution >= 0.6 is 0 Å². The van der Waals surface area contributed by atoms with Crippen molar-refractivity contribution in [1.29, 1.82) is 0 Å². The highest BCUT2D eigenvalue weighted by molar-refractivity contribution is 5.92. The quantitative estimate of drug-likeness (QED) is 0.938. The minimum absolute atomic E-state index is 0.0793. The van der Waals surface area contributed by atoms with Crippen molar-refractivity contribution in [3.8, 4) is 11.5 Å². The van der Waals surface area contributed by atoms with Gasteiger partial charge in [0.2, 0.25) is 5.89 Å². The van der Waals surface area contributed by atoms with E-state index in [9.17, 15) is 4.79 Å². The third-order valence-electron chi connectivity index (χ3n) is 4.00. The van der Waals surface area contributed by atoms with Crippen LogP contribution in [-0.4, -0.2) is 34.9 Å². The Bertz CT molecular complexity index is 623. The summed E-state index contributed by atoms with van der Waals surface area (Å²) in [7, 11) is 0. The third-order valence-corrected chi connectivity index (χ3v) is 4.00. The Morgan fingerprint density at radius 2 is 2.19 bits per heavy atom. The van der Waals surface area contributed by atoms with Crippen LogP contribution in [0.2, 0.25) is 0 Å². The zero-order chi connectivity index (χ0) is 14.8. The van der Waals surface area contributed by atoms with Crippen LogP contribution in [-0.2, 0) is 0 Å². The van der Waals surface area contributed by atoms with Crippen molar-refractivity contribution in [2.45, 2.75) is 19.4 Å². The van der Waals surface area contributed by atoms with Gasteiger partial charge in [0.05, 0.1) is 0 Å². The summed E-state index contributed by atoms with van der Waals surface area (Å²) in [5.74, 6) is 0.773. The first kappa shape index (κ1) is 13.8. The first-order valence-electron chi connectivity index (χ1n) is 7.21. The zero-order valence-electron chi connectivity index (χ0n) is 12.0. The number of benzene rings is 1. The minimum Gasteiger partial charge on any atom is -0.444 e. The average Bonchev–Trinajstić information content (AvgIpc) is 3.14. The monoisotopic (exact) mass is 285 g/mol. The summed E-state index contributed by atoms with van der Waals surface area (Å²) in [6.45, 7) is 3.36. The van der Waals surface area contributed by atoms with Gasteiger partial charge in [-0.05, 0) is 37.9 Å². The van der Waals surface area contributed by atoms with Gasteiger partial charge in [-0.25, -0.2) is 4.98 Å². The first-order chi connectivity index (χ1) is 10.2. The van der Waals surface area contributed by atoms with E-state index in [0.717, 1.165) is 12.0 Å². The molecule has 1 aromatic heterocycles. The molecule has 0 spiro atoms. The molecule has 1 aliphatic rings.